The first-order valence-electron chi connectivity index (χ1n) is 7.05. The summed E-state index contributed by atoms with van der Waals surface area (Å²) in [6, 6.07) is 5.07. The smallest absolute Gasteiger partial charge is 0.249 e. The number of carbonyl (C=O) groups excluding carboxylic acids is 2. The maximum Gasteiger partial charge on any atom is 0.249 e. The summed E-state index contributed by atoms with van der Waals surface area (Å²) in [5, 5.41) is 2.74. The van der Waals surface area contributed by atoms with E-state index in [-0.39, 0.29) is 18.4 Å². The lowest BCUT2D eigenvalue weighted by Crippen LogP contribution is -2.48. The number of rotatable bonds is 4. The second-order valence-corrected chi connectivity index (χ2v) is 5.06. The number of nitrogens with zero attached hydrogens (tertiary/aromatic N) is 1. The molecule has 0 bridgehead atoms. The third kappa shape index (κ3) is 3.33. The summed E-state index contributed by atoms with van der Waals surface area (Å²) in [7, 11) is 1.45. The second kappa shape index (κ2) is 6.58. The van der Waals surface area contributed by atoms with Crippen molar-refractivity contribution in [3.05, 3.63) is 23.8 Å². The lowest BCUT2D eigenvalue weighted by molar-refractivity contribution is -0.129. The maximum absolute atomic E-state index is 12.6. The number of aryl methyl sites for hydroxylation is 1. The molecular weight excluding hydrogens is 270 g/mol. The number of hydrogen-bond donors (Lipinski definition) is 2. The van der Waals surface area contributed by atoms with Crippen LogP contribution in [-0.2, 0) is 20.7 Å². The Labute approximate surface area is 124 Å². The summed E-state index contributed by atoms with van der Waals surface area (Å²) in [5.41, 5.74) is 8.36. The molecule has 114 valence electrons. The first-order chi connectivity index (χ1) is 10.1. The molecule has 6 nitrogen and oxygen atoms in total. The van der Waals surface area contributed by atoms with Gasteiger partial charge in [-0.3, -0.25) is 9.59 Å². The van der Waals surface area contributed by atoms with Crippen LogP contribution in [0.25, 0.3) is 0 Å². The molecule has 1 unspecified atom stereocenters. The summed E-state index contributed by atoms with van der Waals surface area (Å²) in [4.78, 5) is 26.0. The molecule has 1 aromatic rings. The van der Waals surface area contributed by atoms with Crippen molar-refractivity contribution in [1.82, 2.24) is 5.32 Å². The highest BCUT2D eigenvalue weighted by molar-refractivity contribution is 6.00. The highest BCUT2D eigenvalue weighted by atomic mass is 16.5. The lowest BCUT2D eigenvalue weighted by Gasteiger charge is -2.25. The number of carbonyl (C=O) groups is 2. The van der Waals surface area contributed by atoms with E-state index in [0.29, 0.717) is 18.7 Å². The van der Waals surface area contributed by atoms with Gasteiger partial charge >= 0.3 is 0 Å². The van der Waals surface area contributed by atoms with Gasteiger partial charge in [-0.25, -0.2) is 0 Å². The highest BCUT2D eigenvalue weighted by Gasteiger charge is 2.30. The number of anilines is 2. The fraction of sp³-hybridized carbons (Fsp3) is 0.467. The summed E-state index contributed by atoms with van der Waals surface area (Å²) >= 11 is 0. The van der Waals surface area contributed by atoms with Gasteiger partial charge in [-0.15, -0.1) is 0 Å². The van der Waals surface area contributed by atoms with Crippen LogP contribution in [0.5, 0.6) is 0 Å². The van der Waals surface area contributed by atoms with E-state index < -0.39 is 6.04 Å². The van der Waals surface area contributed by atoms with Crippen LogP contribution in [0.2, 0.25) is 0 Å². The van der Waals surface area contributed by atoms with Crippen LogP contribution in [0.15, 0.2) is 18.2 Å². The Bertz CT molecular complexity index is 545. The minimum Gasteiger partial charge on any atom is -0.399 e. The van der Waals surface area contributed by atoms with E-state index >= 15 is 0 Å². The fourth-order valence-corrected chi connectivity index (χ4v) is 2.60. The van der Waals surface area contributed by atoms with Gasteiger partial charge < -0.3 is 20.7 Å². The molecule has 0 spiro atoms. The lowest BCUT2D eigenvalue weighted by atomic mass is 10.1. The van der Waals surface area contributed by atoms with Crippen molar-refractivity contribution in [2.45, 2.75) is 25.8 Å². The molecule has 0 saturated heterocycles. The SMILES string of the molecule is CCN1C(=O)C(NC(=O)COC)CCc2ccc(N)cc21. The summed E-state index contributed by atoms with van der Waals surface area (Å²) in [6.45, 7) is 2.39. The monoisotopic (exact) mass is 291 g/mol. The molecule has 0 radical (unpaired) electrons. The van der Waals surface area contributed by atoms with Gasteiger partial charge in [-0.2, -0.15) is 0 Å². The largest absolute Gasteiger partial charge is 0.399 e. The number of hydrogen-bond acceptors (Lipinski definition) is 4. The molecule has 1 heterocycles. The number of likely N-dealkylation sites (N-methyl/N-ethyl adjacent to an activating group) is 1. The zero-order valence-electron chi connectivity index (χ0n) is 12.4. The van der Waals surface area contributed by atoms with E-state index in [1.807, 2.05) is 25.1 Å². The molecule has 2 rings (SSSR count). The van der Waals surface area contributed by atoms with E-state index in [1.165, 1.54) is 7.11 Å². The molecule has 1 atom stereocenters. The molecule has 1 aromatic carbocycles. The summed E-state index contributed by atoms with van der Waals surface area (Å²) in [5.74, 6) is -0.385. The summed E-state index contributed by atoms with van der Waals surface area (Å²) < 4.78 is 4.79. The van der Waals surface area contributed by atoms with E-state index in [1.54, 1.807) is 4.90 Å². The van der Waals surface area contributed by atoms with Crippen LogP contribution < -0.4 is 16.0 Å². The van der Waals surface area contributed by atoms with Gasteiger partial charge in [0.25, 0.3) is 0 Å². The van der Waals surface area contributed by atoms with Gasteiger partial charge in [0.15, 0.2) is 0 Å². The first-order valence-corrected chi connectivity index (χ1v) is 7.05. The zero-order valence-corrected chi connectivity index (χ0v) is 12.4. The molecule has 2 amide bonds. The molecule has 0 aliphatic carbocycles. The Morgan fingerprint density at radius 2 is 2.29 bits per heavy atom. The molecule has 6 heteroatoms. The van der Waals surface area contributed by atoms with Crippen LogP contribution in [0.4, 0.5) is 11.4 Å². The second-order valence-electron chi connectivity index (χ2n) is 5.06. The van der Waals surface area contributed by atoms with Gasteiger partial charge in [-0.1, -0.05) is 6.07 Å². The molecule has 1 aliphatic rings. The van der Waals surface area contributed by atoms with Gasteiger partial charge in [0.05, 0.1) is 0 Å². The van der Waals surface area contributed by atoms with Crippen LogP contribution >= 0.6 is 0 Å². The van der Waals surface area contributed by atoms with Gasteiger partial charge in [0, 0.05) is 25.0 Å². The average molecular weight is 291 g/mol. The van der Waals surface area contributed by atoms with Crippen LogP contribution in [0, 0.1) is 0 Å². The van der Waals surface area contributed by atoms with Crippen molar-refractivity contribution in [2.75, 3.05) is 30.9 Å². The quantitative estimate of drug-likeness (QED) is 0.800. The third-order valence-corrected chi connectivity index (χ3v) is 3.59. The molecule has 3 N–H and O–H groups in total. The standard InChI is InChI=1S/C15H21N3O3/c1-3-18-13-8-11(16)6-4-10(13)5-7-12(15(18)20)17-14(19)9-21-2/h4,6,8,12H,3,5,7,9,16H2,1-2H3,(H,17,19). The van der Waals surface area contributed by atoms with Crippen molar-refractivity contribution < 1.29 is 14.3 Å². The number of ether oxygens (including phenoxy) is 1. The van der Waals surface area contributed by atoms with Gasteiger partial charge in [0.1, 0.15) is 12.6 Å². The number of methoxy groups -OCH3 is 1. The normalized spacial score (nSPS) is 18.1. The van der Waals surface area contributed by atoms with E-state index in [0.717, 1.165) is 17.7 Å². The maximum atomic E-state index is 12.6. The highest BCUT2D eigenvalue weighted by Crippen LogP contribution is 2.29. The number of fused-ring (bicyclic) bond motifs is 1. The van der Waals surface area contributed by atoms with E-state index in [9.17, 15) is 9.59 Å². The molecule has 21 heavy (non-hydrogen) atoms. The number of amides is 2. The summed E-state index contributed by atoms with van der Waals surface area (Å²) in [6.07, 6.45) is 1.29. The number of nitrogens with two attached hydrogens (primary N) is 1. The van der Waals surface area contributed by atoms with Crippen molar-refractivity contribution >= 4 is 23.2 Å². The third-order valence-electron chi connectivity index (χ3n) is 3.59. The molecule has 0 fully saturated rings. The molecule has 0 aromatic heterocycles. The Hall–Kier alpha value is -2.08. The van der Waals surface area contributed by atoms with Crippen LogP contribution in [-0.4, -0.2) is 38.1 Å². The molecular formula is C15H21N3O3. The van der Waals surface area contributed by atoms with Crippen molar-refractivity contribution in [3.63, 3.8) is 0 Å². The minimum atomic E-state index is -0.527. The zero-order chi connectivity index (χ0) is 15.4. The Morgan fingerprint density at radius 1 is 1.52 bits per heavy atom. The Morgan fingerprint density at radius 3 is 2.95 bits per heavy atom. The Balaban J connectivity index is 2.25. The average Bonchev–Trinajstić information content (AvgIpc) is 2.57. The number of nitrogens with one attached hydrogen (secondary N) is 1. The van der Waals surface area contributed by atoms with Crippen molar-refractivity contribution in [2.24, 2.45) is 0 Å². The fourth-order valence-electron chi connectivity index (χ4n) is 2.60. The van der Waals surface area contributed by atoms with Gasteiger partial charge in [0.2, 0.25) is 11.8 Å². The van der Waals surface area contributed by atoms with Gasteiger partial charge in [-0.05, 0) is 37.5 Å². The predicted octanol–water partition coefficient (Wildman–Crippen LogP) is 0.699. The van der Waals surface area contributed by atoms with E-state index in [4.69, 9.17) is 10.5 Å². The van der Waals surface area contributed by atoms with Crippen molar-refractivity contribution in [1.29, 1.82) is 0 Å². The number of nitrogen functional groups attached to an aromatic ring is 1. The van der Waals surface area contributed by atoms with Crippen LogP contribution in [0.1, 0.15) is 18.9 Å². The number of benzene rings is 1. The van der Waals surface area contributed by atoms with Crippen LogP contribution in [0.3, 0.4) is 0 Å². The van der Waals surface area contributed by atoms with E-state index in [2.05, 4.69) is 5.32 Å². The molecule has 1 aliphatic heterocycles. The first kappa shape index (κ1) is 15.3. The molecule has 0 saturated carbocycles. The minimum absolute atomic E-state index is 0.0458. The Kier molecular flexibility index (Phi) is 4.80. The van der Waals surface area contributed by atoms with Crippen molar-refractivity contribution in [3.8, 4) is 0 Å². The topological polar surface area (TPSA) is 84.7 Å². The predicted molar refractivity (Wildman–Crippen MR) is 81.0 cm³/mol.